The van der Waals surface area contributed by atoms with Crippen molar-refractivity contribution in [1.29, 1.82) is 0 Å². The molecular weight excluding hydrogens is 270 g/mol. The lowest BCUT2D eigenvalue weighted by atomic mass is 10.0. The lowest BCUT2D eigenvalue weighted by Crippen LogP contribution is -2.04. The second-order valence-electron chi connectivity index (χ2n) is 4.69. The van der Waals surface area contributed by atoms with Gasteiger partial charge in [0, 0.05) is 6.07 Å². The van der Waals surface area contributed by atoms with Crippen LogP contribution in [-0.2, 0) is 6.61 Å². The predicted molar refractivity (Wildman–Crippen MR) is 76.5 cm³/mol. The number of hydrogen-bond acceptors (Lipinski definition) is 4. The maximum atomic E-state index is 11.5. The molecule has 1 heterocycles. The van der Waals surface area contributed by atoms with Crippen LogP contribution in [0.15, 0.2) is 47.0 Å². The van der Waals surface area contributed by atoms with Crippen molar-refractivity contribution in [3.63, 3.8) is 0 Å². The van der Waals surface area contributed by atoms with E-state index in [1.165, 1.54) is 0 Å². The molecule has 1 aromatic heterocycles. The highest BCUT2D eigenvalue weighted by atomic mass is 16.5. The number of carbonyl (C=O) groups is 1. The molecule has 0 aliphatic carbocycles. The molecule has 0 unspecified atom stereocenters. The second kappa shape index (κ2) is 5.28. The summed E-state index contributed by atoms with van der Waals surface area (Å²) in [6.07, 6.45) is 0. The van der Waals surface area contributed by atoms with E-state index in [0.717, 1.165) is 11.1 Å². The number of fused-ring (bicyclic) bond motifs is 1. The van der Waals surface area contributed by atoms with Crippen LogP contribution in [0, 0.1) is 6.92 Å². The highest BCUT2D eigenvalue weighted by molar-refractivity contribution is 6.06. The van der Waals surface area contributed by atoms with Crippen molar-refractivity contribution in [1.82, 2.24) is 5.16 Å². The number of carboxylic acids is 1. The first-order valence-corrected chi connectivity index (χ1v) is 6.45. The Bertz CT molecular complexity index is 807. The highest BCUT2D eigenvalue weighted by Gasteiger charge is 2.16. The van der Waals surface area contributed by atoms with Crippen molar-refractivity contribution in [2.75, 3.05) is 0 Å². The Kier molecular flexibility index (Phi) is 3.31. The first-order valence-electron chi connectivity index (χ1n) is 6.45. The van der Waals surface area contributed by atoms with Crippen molar-refractivity contribution >= 4 is 16.7 Å². The highest BCUT2D eigenvalue weighted by Crippen LogP contribution is 2.28. The monoisotopic (exact) mass is 283 g/mol. The van der Waals surface area contributed by atoms with Gasteiger partial charge in [0.15, 0.2) is 5.76 Å². The van der Waals surface area contributed by atoms with E-state index in [0.29, 0.717) is 16.9 Å². The predicted octanol–water partition coefficient (Wildman–Crippen LogP) is 3.41. The smallest absolute Gasteiger partial charge is 0.340 e. The van der Waals surface area contributed by atoms with Crippen LogP contribution in [0.25, 0.3) is 10.8 Å². The minimum absolute atomic E-state index is 0.138. The van der Waals surface area contributed by atoms with E-state index >= 15 is 0 Å². The van der Waals surface area contributed by atoms with Crippen molar-refractivity contribution in [3.05, 3.63) is 59.5 Å². The number of benzene rings is 2. The normalized spacial score (nSPS) is 10.7. The molecule has 0 radical (unpaired) electrons. The molecule has 0 aliphatic heterocycles. The van der Waals surface area contributed by atoms with Crippen LogP contribution in [0.3, 0.4) is 0 Å². The first kappa shape index (κ1) is 13.2. The summed E-state index contributed by atoms with van der Waals surface area (Å²) in [7, 11) is 0. The Morgan fingerprint density at radius 1 is 1.29 bits per heavy atom. The van der Waals surface area contributed by atoms with E-state index in [1.807, 2.05) is 25.1 Å². The van der Waals surface area contributed by atoms with Crippen molar-refractivity contribution in [2.24, 2.45) is 0 Å². The molecule has 21 heavy (non-hydrogen) atoms. The summed E-state index contributed by atoms with van der Waals surface area (Å²) in [5.74, 6) is -0.150. The van der Waals surface area contributed by atoms with Gasteiger partial charge >= 0.3 is 5.97 Å². The maximum absolute atomic E-state index is 11.5. The van der Waals surface area contributed by atoms with Crippen LogP contribution < -0.4 is 4.74 Å². The molecule has 0 aliphatic rings. The van der Waals surface area contributed by atoms with Gasteiger partial charge in [0.2, 0.25) is 0 Å². The third-order valence-electron chi connectivity index (χ3n) is 3.15. The summed E-state index contributed by atoms with van der Waals surface area (Å²) in [5, 5.41) is 14.7. The van der Waals surface area contributed by atoms with Gasteiger partial charge < -0.3 is 14.4 Å². The van der Waals surface area contributed by atoms with Crippen LogP contribution >= 0.6 is 0 Å². The van der Waals surface area contributed by atoms with E-state index < -0.39 is 5.97 Å². The average Bonchev–Trinajstić information content (AvgIpc) is 2.89. The van der Waals surface area contributed by atoms with Crippen LogP contribution in [0.1, 0.15) is 21.8 Å². The summed E-state index contributed by atoms with van der Waals surface area (Å²) in [4.78, 5) is 11.5. The molecule has 5 nitrogen and oxygen atoms in total. The fraction of sp³-hybridized carbons (Fsp3) is 0.125. The standard InChI is InChI=1S/C16H13NO4/c1-10-8-12(21-17-10)9-20-14-7-6-11-4-2-3-5-13(11)15(14)16(18)19/h2-8H,9H2,1H3,(H,18,19). The molecule has 0 amide bonds. The molecule has 0 spiro atoms. The zero-order chi connectivity index (χ0) is 14.8. The summed E-state index contributed by atoms with van der Waals surface area (Å²) in [6.45, 7) is 1.95. The number of carboxylic acid groups (broad SMARTS) is 1. The number of hydrogen-bond donors (Lipinski definition) is 1. The van der Waals surface area contributed by atoms with E-state index in [-0.39, 0.29) is 12.2 Å². The first-order chi connectivity index (χ1) is 10.1. The number of aromatic carboxylic acids is 1. The zero-order valence-corrected chi connectivity index (χ0v) is 11.4. The Hall–Kier alpha value is -2.82. The van der Waals surface area contributed by atoms with Gasteiger partial charge in [-0.05, 0) is 23.8 Å². The Balaban J connectivity index is 1.97. The molecule has 3 aromatic rings. The zero-order valence-electron chi connectivity index (χ0n) is 11.4. The van der Waals surface area contributed by atoms with Crippen LogP contribution in [0.5, 0.6) is 5.75 Å². The molecule has 0 fully saturated rings. The van der Waals surface area contributed by atoms with Gasteiger partial charge in [0.25, 0.3) is 0 Å². The number of aryl methyl sites for hydroxylation is 1. The molecule has 3 rings (SSSR count). The largest absolute Gasteiger partial charge is 0.485 e. The Morgan fingerprint density at radius 3 is 2.81 bits per heavy atom. The van der Waals surface area contributed by atoms with Crippen molar-refractivity contribution < 1.29 is 19.2 Å². The minimum Gasteiger partial charge on any atom is -0.485 e. The fourth-order valence-electron chi connectivity index (χ4n) is 2.23. The van der Waals surface area contributed by atoms with Gasteiger partial charge in [-0.25, -0.2) is 4.79 Å². The second-order valence-corrected chi connectivity index (χ2v) is 4.69. The molecule has 1 N–H and O–H groups in total. The van der Waals surface area contributed by atoms with Gasteiger partial charge in [-0.1, -0.05) is 35.5 Å². The van der Waals surface area contributed by atoms with E-state index in [9.17, 15) is 9.90 Å². The lowest BCUT2D eigenvalue weighted by Gasteiger charge is -2.10. The Morgan fingerprint density at radius 2 is 2.10 bits per heavy atom. The average molecular weight is 283 g/mol. The van der Waals surface area contributed by atoms with E-state index in [1.54, 1.807) is 24.3 Å². The molecule has 2 aromatic carbocycles. The quantitative estimate of drug-likeness (QED) is 0.794. The SMILES string of the molecule is Cc1cc(COc2ccc3ccccc3c2C(=O)O)on1. The number of aromatic nitrogens is 1. The van der Waals surface area contributed by atoms with Crippen molar-refractivity contribution in [2.45, 2.75) is 13.5 Å². The molecule has 0 bridgehead atoms. The third kappa shape index (κ3) is 2.58. The number of ether oxygens (including phenoxy) is 1. The lowest BCUT2D eigenvalue weighted by molar-refractivity contribution is 0.0693. The van der Waals surface area contributed by atoms with E-state index in [4.69, 9.17) is 9.26 Å². The van der Waals surface area contributed by atoms with Gasteiger partial charge in [-0.2, -0.15) is 0 Å². The van der Waals surface area contributed by atoms with Crippen LogP contribution in [0.4, 0.5) is 0 Å². The van der Waals surface area contributed by atoms with Crippen molar-refractivity contribution in [3.8, 4) is 5.75 Å². The van der Waals surface area contributed by atoms with Gasteiger partial charge in [0.05, 0.1) is 5.69 Å². The molecular formula is C16H13NO4. The molecule has 5 heteroatoms. The van der Waals surface area contributed by atoms with Gasteiger partial charge in [-0.3, -0.25) is 0 Å². The number of rotatable bonds is 4. The maximum Gasteiger partial charge on any atom is 0.340 e. The van der Waals surface area contributed by atoms with Crippen LogP contribution in [-0.4, -0.2) is 16.2 Å². The molecule has 0 saturated carbocycles. The van der Waals surface area contributed by atoms with E-state index in [2.05, 4.69) is 5.16 Å². The topological polar surface area (TPSA) is 72.6 Å². The number of nitrogens with zero attached hydrogens (tertiary/aromatic N) is 1. The Labute approximate surface area is 120 Å². The van der Waals surface area contributed by atoms with Crippen LogP contribution in [0.2, 0.25) is 0 Å². The fourth-order valence-corrected chi connectivity index (χ4v) is 2.23. The summed E-state index contributed by atoms with van der Waals surface area (Å²) >= 11 is 0. The molecule has 0 atom stereocenters. The molecule has 106 valence electrons. The summed E-state index contributed by atoms with van der Waals surface area (Å²) < 4.78 is 10.6. The molecule has 0 saturated heterocycles. The van der Waals surface area contributed by atoms with Gasteiger partial charge in [-0.15, -0.1) is 0 Å². The summed E-state index contributed by atoms with van der Waals surface area (Å²) in [5.41, 5.74) is 0.912. The summed E-state index contributed by atoms with van der Waals surface area (Å²) in [6, 6.07) is 12.6. The minimum atomic E-state index is -1.02. The third-order valence-corrected chi connectivity index (χ3v) is 3.15. The van der Waals surface area contributed by atoms with Gasteiger partial charge in [0.1, 0.15) is 17.9 Å².